The molecule has 1 aromatic heterocycles. The first-order valence-electron chi connectivity index (χ1n) is 10.6. The molecule has 2 aromatic rings. The number of hydrogen-bond donors (Lipinski definition) is 0. The molecule has 6 nitrogen and oxygen atoms in total. The molecule has 3 heterocycles. The molecular formula is C23H30N4O2. The minimum atomic E-state index is 0.0947. The third kappa shape index (κ3) is 4.65. The fourth-order valence-electron chi connectivity index (χ4n) is 4.19. The summed E-state index contributed by atoms with van der Waals surface area (Å²) in [4.78, 5) is 26.8. The zero-order valence-electron chi connectivity index (χ0n) is 17.4. The van der Waals surface area contributed by atoms with Crippen molar-refractivity contribution in [1.29, 1.82) is 0 Å². The Hall–Kier alpha value is -2.31. The van der Waals surface area contributed by atoms with Gasteiger partial charge in [-0.15, -0.1) is 0 Å². The van der Waals surface area contributed by atoms with Crippen molar-refractivity contribution in [3.05, 3.63) is 58.7 Å². The van der Waals surface area contributed by atoms with Crippen molar-refractivity contribution in [1.82, 2.24) is 19.8 Å². The van der Waals surface area contributed by atoms with Gasteiger partial charge in [0.2, 0.25) is 0 Å². The van der Waals surface area contributed by atoms with Gasteiger partial charge >= 0.3 is 0 Å². The highest BCUT2D eigenvalue weighted by atomic mass is 16.5. The molecule has 1 atom stereocenters. The van der Waals surface area contributed by atoms with E-state index in [1.807, 2.05) is 42.3 Å². The number of carbonyl (C=O) groups excluding carboxylic acids is 1. The molecule has 154 valence electrons. The van der Waals surface area contributed by atoms with E-state index in [2.05, 4.69) is 16.9 Å². The molecule has 29 heavy (non-hydrogen) atoms. The Bertz CT molecular complexity index is 852. The molecule has 1 saturated heterocycles. The number of fused-ring (bicyclic) bond motifs is 1. The van der Waals surface area contributed by atoms with Crippen LogP contribution in [0.5, 0.6) is 0 Å². The third-order valence-corrected chi connectivity index (χ3v) is 5.89. The number of rotatable bonds is 5. The minimum Gasteiger partial charge on any atom is -0.377 e. The maximum absolute atomic E-state index is 13.0. The van der Waals surface area contributed by atoms with Crippen molar-refractivity contribution in [3.8, 4) is 0 Å². The van der Waals surface area contributed by atoms with E-state index in [0.29, 0.717) is 19.8 Å². The lowest BCUT2D eigenvalue weighted by Gasteiger charge is -2.33. The van der Waals surface area contributed by atoms with Crippen LogP contribution in [-0.4, -0.2) is 59.0 Å². The van der Waals surface area contributed by atoms with Gasteiger partial charge < -0.3 is 14.5 Å². The summed E-state index contributed by atoms with van der Waals surface area (Å²) in [6, 6.07) is 7.78. The molecule has 1 fully saturated rings. The second-order valence-corrected chi connectivity index (χ2v) is 8.11. The van der Waals surface area contributed by atoms with Gasteiger partial charge in [-0.3, -0.25) is 4.79 Å². The topological polar surface area (TPSA) is 58.6 Å². The van der Waals surface area contributed by atoms with Gasteiger partial charge in [-0.25, -0.2) is 9.97 Å². The summed E-state index contributed by atoms with van der Waals surface area (Å²) in [5, 5.41) is 0. The Balaban J connectivity index is 1.43. The van der Waals surface area contributed by atoms with Crippen LogP contribution < -0.4 is 0 Å². The molecule has 0 saturated carbocycles. The van der Waals surface area contributed by atoms with E-state index in [0.717, 1.165) is 55.8 Å². The monoisotopic (exact) mass is 394 g/mol. The average molecular weight is 395 g/mol. The van der Waals surface area contributed by atoms with E-state index in [1.165, 1.54) is 11.3 Å². The highest BCUT2D eigenvalue weighted by Gasteiger charge is 2.28. The first-order valence-corrected chi connectivity index (χ1v) is 10.6. The summed E-state index contributed by atoms with van der Waals surface area (Å²) < 4.78 is 5.43. The Morgan fingerprint density at radius 2 is 2.07 bits per heavy atom. The average Bonchev–Trinajstić information content (AvgIpc) is 2.77. The molecule has 6 heteroatoms. The highest BCUT2D eigenvalue weighted by molar-refractivity contribution is 5.94. The lowest BCUT2D eigenvalue weighted by Crippen LogP contribution is -2.39. The number of benzene rings is 1. The number of likely N-dealkylation sites (tertiary alicyclic amines) is 1. The lowest BCUT2D eigenvalue weighted by molar-refractivity contribution is 0.0704. The number of nitrogens with zero attached hydrogens (tertiary/aromatic N) is 4. The molecule has 0 bridgehead atoms. The molecule has 4 rings (SSSR count). The van der Waals surface area contributed by atoms with Crippen LogP contribution in [0.1, 0.15) is 58.7 Å². The van der Waals surface area contributed by atoms with Crippen LogP contribution in [0.3, 0.4) is 0 Å². The Kier molecular flexibility index (Phi) is 6.21. The summed E-state index contributed by atoms with van der Waals surface area (Å²) >= 11 is 0. The SMILES string of the molecule is CCOCc1ccc(C(=O)N2CCC[C@H](c3ncc4c(n3)CCN(C)C4)C2)cc1. The fourth-order valence-corrected chi connectivity index (χ4v) is 4.19. The zero-order chi connectivity index (χ0) is 20.2. The van der Waals surface area contributed by atoms with Crippen LogP contribution in [0.15, 0.2) is 30.5 Å². The van der Waals surface area contributed by atoms with Crippen molar-refractivity contribution >= 4 is 5.91 Å². The predicted molar refractivity (Wildman–Crippen MR) is 112 cm³/mol. The summed E-state index contributed by atoms with van der Waals surface area (Å²) in [6.45, 7) is 6.71. The maximum atomic E-state index is 13.0. The van der Waals surface area contributed by atoms with E-state index < -0.39 is 0 Å². The van der Waals surface area contributed by atoms with E-state index in [1.54, 1.807) is 0 Å². The molecule has 0 radical (unpaired) electrons. The van der Waals surface area contributed by atoms with Crippen LogP contribution in [0, 0.1) is 0 Å². The van der Waals surface area contributed by atoms with Crippen LogP contribution in [-0.2, 0) is 24.3 Å². The van der Waals surface area contributed by atoms with E-state index >= 15 is 0 Å². The van der Waals surface area contributed by atoms with Gasteiger partial charge in [-0.05, 0) is 44.5 Å². The van der Waals surface area contributed by atoms with Crippen LogP contribution >= 0.6 is 0 Å². The summed E-state index contributed by atoms with van der Waals surface area (Å²) in [6.07, 6.45) is 4.99. The van der Waals surface area contributed by atoms with Crippen molar-refractivity contribution in [2.75, 3.05) is 33.3 Å². The highest BCUT2D eigenvalue weighted by Crippen LogP contribution is 2.27. The maximum Gasteiger partial charge on any atom is 0.253 e. The van der Waals surface area contributed by atoms with Gasteiger partial charge in [0.05, 0.1) is 6.61 Å². The van der Waals surface area contributed by atoms with E-state index in [4.69, 9.17) is 9.72 Å². The number of aromatic nitrogens is 2. The zero-order valence-corrected chi connectivity index (χ0v) is 17.4. The summed E-state index contributed by atoms with van der Waals surface area (Å²) in [5.41, 5.74) is 4.24. The van der Waals surface area contributed by atoms with Crippen molar-refractivity contribution in [2.24, 2.45) is 0 Å². The number of carbonyl (C=O) groups is 1. The second kappa shape index (κ2) is 9.01. The van der Waals surface area contributed by atoms with Crippen LogP contribution in [0.4, 0.5) is 0 Å². The molecule has 0 N–H and O–H groups in total. The van der Waals surface area contributed by atoms with E-state index in [-0.39, 0.29) is 11.8 Å². The number of amides is 1. The van der Waals surface area contributed by atoms with Crippen molar-refractivity contribution < 1.29 is 9.53 Å². The molecule has 2 aliphatic heterocycles. The predicted octanol–water partition coefficient (Wildman–Crippen LogP) is 3.02. The molecule has 0 aliphatic carbocycles. The Morgan fingerprint density at radius 1 is 1.24 bits per heavy atom. The fraction of sp³-hybridized carbons (Fsp3) is 0.522. The van der Waals surface area contributed by atoms with Gasteiger partial charge in [-0.2, -0.15) is 0 Å². The Morgan fingerprint density at radius 3 is 2.86 bits per heavy atom. The van der Waals surface area contributed by atoms with Gasteiger partial charge in [0.1, 0.15) is 5.82 Å². The molecule has 1 aromatic carbocycles. The number of likely N-dealkylation sites (N-methyl/N-ethyl adjacent to an activating group) is 1. The van der Waals surface area contributed by atoms with E-state index in [9.17, 15) is 4.79 Å². The van der Waals surface area contributed by atoms with Gasteiger partial charge in [-0.1, -0.05) is 12.1 Å². The lowest BCUT2D eigenvalue weighted by atomic mass is 9.95. The summed E-state index contributed by atoms with van der Waals surface area (Å²) in [7, 11) is 2.13. The standard InChI is InChI=1S/C23H30N4O2/c1-3-29-16-17-6-8-18(9-7-17)23(28)27-11-4-5-19(15-27)22-24-13-20-14-26(2)12-10-21(20)25-22/h6-9,13,19H,3-5,10-12,14-16H2,1-2H3/t19-/m0/s1. The van der Waals surface area contributed by atoms with Gasteiger partial charge in [0, 0.05) is 68.1 Å². The molecule has 0 spiro atoms. The van der Waals surface area contributed by atoms with Gasteiger partial charge in [0.15, 0.2) is 0 Å². The molecule has 0 unspecified atom stereocenters. The number of ether oxygens (including phenoxy) is 1. The summed E-state index contributed by atoms with van der Waals surface area (Å²) in [5.74, 6) is 1.21. The number of piperidine rings is 1. The van der Waals surface area contributed by atoms with Crippen molar-refractivity contribution in [2.45, 2.75) is 45.3 Å². The molecule has 1 amide bonds. The molecular weight excluding hydrogens is 364 g/mol. The first kappa shape index (κ1) is 20.0. The normalized spacial score (nSPS) is 19.8. The number of hydrogen-bond acceptors (Lipinski definition) is 5. The Labute approximate surface area is 172 Å². The van der Waals surface area contributed by atoms with Crippen molar-refractivity contribution in [3.63, 3.8) is 0 Å². The third-order valence-electron chi connectivity index (χ3n) is 5.89. The smallest absolute Gasteiger partial charge is 0.253 e. The quantitative estimate of drug-likeness (QED) is 0.780. The second-order valence-electron chi connectivity index (χ2n) is 8.11. The first-order chi connectivity index (χ1) is 14.1. The molecule has 2 aliphatic rings. The minimum absolute atomic E-state index is 0.0947. The van der Waals surface area contributed by atoms with Crippen LogP contribution in [0.2, 0.25) is 0 Å². The van der Waals surface area contributed by atoms with Gasteiger partial charge in [0.25, 0.3) is 5.91 Å². The van der Waals surface area contributed by atoms with Crippen LogP contribution in [0.25, 0.3) is 0 Å². The largest absolute Gasteiger partial charge is 0.377 e.